The number of aromatic nitrogens is 2. The van der Waals surface area contributed by atoms with E-state index in [1.165, 1.54) is 12.1 Å². The Morgan fingerprint density at radius 2 is 1.10 bits per heavy atom. The first-order chi connectivity index (χ1) is 23.2. The molecule has 4 nitrogen and oxygen atoms in total. The van der Waals surface area contributed by atoms with Crippen molar-refractivity contribution in [2.45, 2.75) is 20.0 Å². The van der Waals surface area contributed by atoms with Gasteiger partial charge < -0.3 is 9.13 Å². The normalized spacial score (nSPS) is 11.8. The maximum atomic E-state index is 15.1. The number of hydrogen-bond acceptors (Lipinski definition) is 1. The number of rotatable bonds is 3. The lowest BCUT2D eigenvalue weighted by molar-refractivity contribution is -0.137. The minimum absolute atomic E-state index is 0.133. The molecule has 0 saturated heterocycles. The van der Waals surface area contributed by atoms with Gasteiger partial charge in [-0.25, -0.2) is 4.85 Å². The van der Waals surface area contributed by atoms with Crippen LogP contribution in [0.1, 0.15) is 22.3 Å². The van der Waals surface area contributed by atoms with Gasteiger partial charge in [-0.3, -0.25) is 0 Å². The summed E-state index contributed by atoms with van der Waals surface area (Å²) in [5, 5.41) is 14.3. The Morgan fingerprint density at radius 1 is 0.625 bits per heavy atom. The van der Waals surface area contributed by atoms with Crippen LogP contribution in [-0.2, 0) is 6.18 Å². The van der Waals surface area contributed by atoms with Crippen LogP contribution in [0.3, 0.4) is 0 Å². The van der Waals surface area contributed by atoms with Gasteiger partial charge in [0.25, 0.3) is 0 Å². The highest BCUT2D eigenvalue weighted by molar-refractivity contribution is 6.13. The van der Waals surface area contributed by atoms with Crippen LogP contribution in [-0.4, -0.2) is 9.13 Å². The number of para-hydroxylation sites is 2. The van der Waals surface area contributed by atoms with Gasteiger partial charge in [-0.05, 0) is 61.4 Å². The molecule has 0 N–H and O–H groups in total. The summed E-state index contributed by atoms with van der Waals surface area (Å²) < 4.78 is 49.2. The Bertz CT molecular complexity index is 2570. The molecule has 48 heavy (non-hydrogen) atoms. The SMILES string of the molecule is [C-]#[N+]c1cccc(C(F)(F)F)c1-c1c(-n2c3ccccc3c3c(C)cccc32)cc(C#N)cc1-n1c2ccccc2c2c(C)cccc21. The fourth-order valence-electron chi connectivity index (χ4n) is 7.33. The van der Waals surface area contributed by atoms with Crippen molar-refractivity contribution < 1.29 is 13.2 Å². The summed E-state index contributed by atoms with van der Waals surface area (Å²) in [4.78, 5) is 3.65. The number of aryl methyl sites for hydroxylation is 2. The number of nitrogens with zero attached hydrogens (tertiary/aromatic N) is 4. The Hall–Kier alpha value is -6.31. The maximum absolute atomic E-state index is 15.1. The third-order valence-electron chi connectivity index (χ3n) is 9.24. The molecule has 0 bridgehead atoms. The maximum Gasteiger partial charge on any atom is 0.415 e. The minimum Gasteiger partial charge on any atom is -0.309 e. The topological polar surface area (TPSA) is 38.0 Å². The molecule has 2 aromatic heterocycles. The third-order valence-corrected chi connectivity index (χ3v) is 9.24. The summed E-state index contributed by atoms with van der Waals surface area (Å²) in [7, 11) is 0. The highest BCUT2D eigenvalue weighted by Crippen LogP contribution is 2.49. The van der Waals surface area contributed by atoms with Gasteiger partial charge in [-0.2, -0.15) is 18.4 Å². The highest BCUT2D eigenvalue weighted by Gasteiger charge is 2.37. The molecule has 7 heteroatoms. The summed E-state index contributed by atoms with van der Waals surface area (Å²) in [6.07, 6.45) is -4.77. The van der Waals surface area contributed by atoms with Crippen LogP contribution >= 0.6 is 0 Å². The van der Waals surface area contributed by atoms with Gasteiger partial charge in [-0.15, -0.1) is 0 Å². The third kappa shape index (κ3) is 4.15. The van der Waals surface area contributed by atoms with E-state index in [1.807, 2.05) is 108 Å². The number of alkyl halides is 3. The molecule has 230 valence electrons. The van der Waals surface area contributed by atoms with Crippen molar-refractivity contribution >= 4 is 49.3 Å². The van der Waals surface area contributed by atoms with Gasteiger partial charge in [0.15, 0.2) is 5.69 Å². The van der Waals surface area contributed by atoms with E-state index < -0.39 is 11.7 Å². The van der Waals surface area contributed by atoms with E-state index in [9.17, 15) is 5.26 Å². The van der Waals surface area contributed by atoms with E-state index in [4.69, 9.17) is 6.57 Å². The summed E-state index contributed by atoms with van der Waals surface area (Å²) in [5.41, 5.74) is 5.09. The average Bonchev–Trinajstić information content (AvgIpc) is 3.61. The molecule has 0 atom stereocenters. The molecule has 0 unspecified atom stereocenters. The van der Waals surface area contributed by atoms with Gasteiger partial charge in [0.2, 0.25) is 0 Å². The molecule has 6 aromatic carbocycles. The molecule has 2 heterocycles. The molecule has 8 aromatic rings. The zero-order valence-corrected chi connectivity index (χ0v) is 25.9. The predicted octanol–water partition coefficient (Wildman–Crippen LogP) is 11.6. The Kier molecular flexibility index (Phi) is 6.44. The van der Waals surface area contributed by atoms with Crippen LogP contribution in [0.4, 0.5) is 18.9 Å². The van der Waals surface area contributed by atoms with Crippen molar-refractivity contribution in [2.24, 2.45) is 0 Å². The van der Waals surface area contributed by atoms with Crippen LogP contribution in [0, 0.1) is 31.8 Å². The summed E-state index contributed by atoms with van der Waals surface area (Å²) >= 11 is 0. The number of benzene rings is 6. The summed E-state index contributed by atoms with van der Waals surface area (Å²) in [6, 6.07) is 36.6. The second-order valence-electron chi connectivity index (χ2n) is 12.0. The van der Waals surface area contributed by atoms with E-state index >= 15 is 13.2 Å². The Morgan fingerprint density at radius 3 is 1.58 bits per heavy atom. The molecule has 0 radical (unpaired) electrons. The summed E-state index contributed by atoms with van der Waals surface area (Å²) in [6.45, 7) is 12.1. The number of fused-ring (bicyclic) bond motifs is 6. The fourth-order valence-corrected chi connectivity index (χ4v) is 7.33. The van der Waals surface area contributed by atoms with Crippen LogP contribution in [0.2, 0.25) is 0 Å². The van der Waals surface area contributed by atoms with Crippen LogP contribution in [0.25, 0.3) is 71.0 Å². The largest absolute Gasteiger partial charge is 0.415 e. The Labute approximate surface area is 273 Å². The molecule has 0 spiro atoms. The van der Waals surface area contributed by atoms with Crippen molar-refractivity contribution in [1.29, 1.82) is 5.26 Å². The average molecular weight is 631 g/mol. The Balaban J connectivity index is 1.68. The molecule has 0 amide bonds. The van der Waals surface area contributed by atoms with Crippen molar-refractivity contribution in [3.8, 4) is 28.6 Å². The van der Waals surface area contributed by atoms with Gasteiger partial charge in [-0.1, -0.05) is 78.9 Å². The lowest BCUT2D eigenvalue weighted by Crippen LogP contribution is -2.11. The van der Waals surface area contributed by atoms with Crippen molar-refractivity contribution in [3.05, 3.63) is 149 Å². The zero-order valence-electron chi connectivity index (χ0n) is 25.9. The first kappa shape index (κ1) is 29.1. The quantitative estimate of drug-likeness (QED) is 0.179. The monoisotopic (exact) mass is 630 g/mol. The number of halogens is 3. The van der Waals surface area contributed by atoms with Crippen LogP contribution < -0.4 is 0 Å². The van der Waals surface area contributed by atoms with E-state index in [0.717, 1.165) is 60.8 Å². The first-order valence-electron chi connectivity index (χ1n) is 15.4. The number of hydrogen-bond donors (Lipinski definition) is 0. The minimum atomic E-state index is -4.77. The highest BCUT2D eigenvalue weighted by atomic mass is 19.4. The van der Waals surface area contributed by atoms with E-state index in [-0.39, 0.29) is 22.4 Å². The molecular formula is C41H25F3N4. The molecule has 0 fully saturated rings. The van der Waals surface area contributed by atoms with Crippen LogP contribution in [0.5, 0.6) is 0 Å². The zero-order chi connectivity index (χ0) is 33.3. The summed E-state index contributed by atoms with van der Waals surface area (Å²) in [5.74, 6) is 0. The molecule has 0 aliphatic rings. The molecule has 0 aliphatic carbocycles. The van der Waals surface area contributed by atoms with E-state index in [0.29, 0.717) is 11.4 Å². The van der Waals surface area contributed by atoms with Gasteiger partial charge in [0, 0.05) is 32.7 Å². The second kappa shape index (κ2) is 10.6. The lowest BCUT2D eigenvalue weighted by atomic mass is 9.92. The predicted molar refractivity (Wildman–Crippen MR) is 186 cm³/mol. The van der Waals surface area contributed by atoms with Gasteiger partial charge in [0.1, 0.15) is 0 Å². The van der Waals surface area contributed by atoms with Crippen molar-refractivity contribution in [2.75, 3.05) is 0 Å². The second-order valence-corrected chi connectivity index (χ2v) is 12.0. The standard InChI is InChI=1S/C41H25F3N4/c1-24-11-8-19-33-37(24)27-13-4-6-17-31(27)47(33)35-21-26(23-45)22-36(40(35)39-29(41(42,43)44)15-10-16-30(39)46-3)48-32-18-7-5-14-28(32)38-25(2)12-9-20-34(38)48/h4-22H,1-2H3. The van der Waals surface area contributed by atoms with Crippen LogP contribution in [0.15, 0.2) is 115 Å². The molecule has 0 saturated carbocycles. The van der Waals surface area contributed by atoms with E-state index in [2.05, 4.69) is 10.9 Å². The van der Waals surface area contributed by atoms with Crippen molar-refractivity contribution in [1.82, 2.24) is 9.13 Å². The van der Waals surface area contributed by atoms with Gasteiger partial charge in [0.05, 0.1) is 57.2 Å². The lowest BCUT2D eigenvalue weighted by Gasteiger charge is -2.24. The first-order valence-corrected chi connectivity index (χ1v) is 15.4. The smallest absolute Gasteiger partial charge is 0.309 e. The van der Waals surface area contributed by atoms with E-state index in [1.54, 1.807) is 12.1 Å². The van der Waals surface area contributed by atoms with Crippen molar-refractivity contribution in [3.63, 3.8) is 0 Å². The fraction of sp³-hybridized carbons (Fsp3) is 0.0732. The molecule has 0 aliphatic heterocycles. The molecular weight excluding hydrogens is 605 g/mol. The molecule has 8 rings (SSSR count). The number of nitriles is 1. The van der Waals surface area contributed by atoms with Gasteiger partial charge >= 0.3 is 6.18 Å².